The van der Waals surface area contributed by atoms with E-state index in [9.17, 15) is 14.0 Å². The van der Waals surface area contributed by atoms with Gasteiger partial charge in [0.05, 0.1) is 5.52 Å². The van der Waals surface area contributed by atoms with Crippen LogP contribution in [0.3, 0.4) is 0 Å². The molecule has 0 aliphatic carbocycles. The average Bonchev–Trinajstić information content (AvgIpc) is 2.53. The van der Waals surface area contributed by atoms with Gasteiger partial charge in [-0.15, -0.1) is 0 Å². The third-order valence-electron chi connectivity index (χ3n) is 3.83. The molecule has 0 spiro atoms. The van der Waals surface area contributed by atoms with Crippen LogP contribution in [0.25, 0.3) is 10.9 Å². The Kier molecular flexibility index (Phi) is 4.24. The van der Waals surface area contributed by atoms with Crippen molar-refractivity contribution in [3.8, 4) is 0 Å². The van der Waals surface area contributed by atoms with E-state index in [0.717, 1.165) is 16.1 Å². The maximum atomic E-state index is 13.5. The fraction of sp³-hybridized carbons (Fsp3) is 0.111. The van der Waals surface area contributed by atoms with Crippen molar-refractivity contribution >= 4 is 38.4 Å². The molecule has 122 valence electrons. The summed E-state index contributed by atoms with van der Waals surface area (Å²) < 4.78 is 16.0. The van der Waals surface area contributed by atoms with Gasteiger partial charge in [0.15, 0.2) is 0 Å². The molecule has 0 unspecified atom stereocenters. The van der Waals surface area contributed by atoms with E-state index in [1.807, 2.05) is 13.0 Å². The van der Waals surface area contributed by atoms with E-state index in [0.29, 0.717) is 11.2 Å². The third-order valence-corrected chi connectivity index (χ3v) is 4.33. The Morgan fingerprint density at radius 1 is 1.21 bits per heavy atom. The minimum Gasteiger partial charge on any atom is -0.350 e. The number of anilines is 1. The number of carbonyl (C=O) groups is 1. The molecule has 1 amide bonds. The van der Waals surface area contributed by atoms with E-state index in [4.69, 9.17) is 0 Å². The maximum absolute atomic E-state index is 13.5. The number of benzene rings is 2. The molecule has 3 rings (SSSR count). The quantitative estimate of drug-likeness (QED) is 0.721. The summed E-state index contributed by atoms with van der Waals surface area (Å²) in [5, 5.41) is 2.91. The van der Waals surface area contributed by atoms with Crippen molar-refractivity contribution in [1.82, 2.24) is 4.57 Å². The smallest absolute Gasteiger partial charge is 0.261 e. The zero-order valence-electron chi connectivity index (χ0n) is 13.1. The number of nitrogens with one attached hydrogen (secondary N) is 1. The maximum Gasteiger partial charge on any atom is 0.261 e. The first kappa shape index (κ1) is 16.4. The molecule has 3 aromatic rings. The minimum atomic E-state index is -0.521. The van der Waals surface area contributed by atoms with Crippen molar-refractivity contribution in [3.63, 3.8) is 0 Å². The highest BCUT2D eigenvalue weighted by molar-refractivity contribution is 9.10. The van der Waals surface area contributed by atoms with Crippen molar-refractivity contribution in [3.05, 3.63) is 74.2 Å². The van der Waals surface area contributed by atoms with Crippen LogP contribution < -0.4 is 10.7 Å². The van der Waals surface area contributed by atoms with Crippen molar-refractivity contribution in [2.45, 2.75) is 6.92 Å². The standard InChI is InChI=1S/C18H14BrFN2O2/c1-10-7-11(19)3-5-15(10)21-18(24)14-9-22(2)16-6-4-12(20)8-13(16)17(14)23/h3-9H,1-2H3,(H,21,24). The minimum absolute atomic E-state index is 0.0297. The SMILES string of the molecule is Cc1cc(Br)ccc1NC(=O)c1cn(C)c2ccc(F)cc2c1=O. The first-order chi connectivity index (χ1) is 11.4. The van der Waals surface area contributed by atoms with Gasteiger partial charge in [-0.3, -0.25) is 9.59 Å². The molecule has 0 bridgehead atoms. The molecule has 1 heterocycles. The molecule has 0 atom stereocenters. The van der Waals surface area contributed by atoms with E-state index in [1.165, 1.54) is 18.3 Å². The van der Waals surface area contributed by atoms with Gasteiger partial charge in [-0.25, -0.2) is 4.39 Å². The molecular formula is C18H14BrFN2O2. The van der Waals surface area contributed by atoms with Crippen LogP contribution in [-0.2, 0) is 7.05 Å². The Balaban J connectivity index is 2.07. The second kappa shape index (κ2) is 6.20. The van der Waals surface area contributed by atoms with E-state index in [2.05, 4.69) is 21.2 Å². The number of carbonyl (C=O) groups excluding carboxylic acids is 1. The Morgan fingerprint density at radius 3 is 2.67 bits per heavy atom. The second-order valence-electron chi connectivity index (χ2n) is 5.56. The molecule has 2 aromatic carbocycles. The number of aryl methyl sites for hydroxylation is 2. The zero-order chi connectivity index (χ0) is 17.4. The number of hydrogen-bond acceptors (Lipinski definition) is 2. The summed E-state index contributed by atoms with van der Waals surface area (Å²) in [6.45, 7) is 1.86. The monoisotopic (exact) mass is 388 g/mol. The lowest BCUT2D eigenvalue weighted by Crippen LogP contribution is -2.23. The third kappa shape index (κ3) is 2.97. The van der Waals surface area contributed by atoms with Gasteiger partial charge in [-0.05, 0) is 48.9 Å². The van der Waals surface area contributed by atoms with Gasteiger partial charge in [0.1, 0.15) is 11.4 Å². The van der Waals surface area contributed by atoms with Crippen LogP contribution in [0, 0.1) is 12.7 Å². The number of rotatable bonds is 2. The first-order valence-corrected chi connectivity index (χ1v) is 8.02. The summed E-state index contributed by atoms with van der Waals surface area (Å²) in [7, 11) is 1.71. The zero-order valence-corrected chi connectivity index (χ0v) is 14.6. The summed E-state index contributed by atoms with van der Waals surface area (Å²) in [6, 6.07) is 9.38. The van der Waals surface area contributed by atoms with E-state index in [1.54, 1.807) is 23.7 Å². The van der Waals surface area contributed by atoms with Crippen LogP contribution in [-0.4, -0.2) is 10.5 Å². The highest BCUT2D eigenvalue weighted by Crippen LogP contribution is 2.21. The summed E-state index contributed by atoms with van der Waals surface area (Å²) in [6.07, 6.45) is 1.46. The highest BCUT2D eigenvalue weighted by Gasteiger charge is 2.16. The number of amides is 1. The Bertz CT molecular complexity index is 1030. The van der Waals surface area contributed by atoms with Crippen LogP contribution in [0.15, 0.2) is 51.9 Å². The van der Waals surface area contributed by atoms with Gasteiger partial charge in [-0.1, -0.05) is 15.9 Å². The molecule has 0 radical (unpaired) electrons. The predicted molar refractivity (Wildman–Crippen MR) is 96.0 cm³/mol. The highest BCUT2D eigenvalue weighted by atomic mass is 79.9. The molecule has 1 N–H and O–H groups in total. The van der Waals surface area contributed by atoms with Crippen LogP contribution in [0.2, 0.25) is 0 Å². The van der Waals surface area contributed by atoms with E-state index < -0.39 is 17.2 Å². The molecule has 0 saturated heterocycles. The molecular weight excluding hydrogens is 375 g/mol. The lowest BCUT2D eigenvalue weighted by Gasteiger charge is -2.11. The molecule has 4 nitrogen and oxygen atoms in total. The van der Waals surface area contributed by atoms with E-state index in [-0.39, 0.29) is 10.9 Å². The Hall–Kier alpha value is -2.47. The number of hydrogen-bond donors (Lipinski definition) is 1. The van der Waals surface area contributed by atoms with Crippen LogP contribution >= 0.6 is 15.9 Å². The average molecular weight is 389 g/mol. The normalized spacial score (nSPS) is 10.8. The summed E-state index contributed by atoms with van der Waals surface area (Å²) in [5.74, 6) is -1.03. The predicted octanol–water partition coefficient (Wildman–Crippen LogP) is 4.00. The summed E-state index contributed by atoms with van der Waals surface area (Å²) in [4.78, 5) is 25.1. The number of fused-ring (bicyclic) bond motifs is 1. The Morgan fingerprint density at radius 2 is 1.96 bits per heavy atom. The van der Waals surface area contributed by atoms with Gasteiger partial charge >= 0.3 is 0 Å². The lowest BCUT2D eigenvalue weighted by molar-refractivity contribution is 0.102. The molecule has 24 heavy (non-hydrogen) atoms. The van der Waals surface area contributed by atoms with Crippen molar-refractivity contribution < 1.29 is 9.18 Å². The lowest BCUT2D eigenvalue weighted by atomic mass is 10.1. The van der Waals surface area contributed by atoms with E-state index >= 15 is 0 Å². The van der Waals surface area contributed by atoms with Gasteiger partial charge < -0.3 is 9.88 Å². The van der Waals surface area contributed by atoms with Crippen molar-refractivity contribution in [2.24, 2.45) is 7.05 Å². The fourth-order valence-electron chi connectivity index (χ4n) is 2.58. The molecule has 1 aromatic heterocycles. The molecule has 0 fully saturated rings. The molecule has 0 aliphatic heterocycles. The van der Waals surface area contributed by atoms with Gasteiger partial charge in [0.2, 0.25) is 5.43 Å². The second-order valence-corrected chi connectivity index (χ2v) is 6.47. The van der Waals surface area contributed by atoms with Gasteiger partial charge in [-0.2, -0.15) is 0 Å². The number of aromatic nitrogens is 1. The van der Waals surface area contributed by atoms with Crippen LogP contribution in [0.1, 0.15) is 15.9 Å². The number of nitrogens with zero attached hydrogens (tertiary/aromatic N) is 1. The summed E-state index contributed by atoms with van der Waals surface area (Å²) in [5.41, 5.74) is 1.52. The molecule has 6 heteroatoms. The van der Waals surface area contributed by atoms with Crippen LogP contribution in [0.5, 0.6) is 0 Å². The molecule has 0 aliphatic rings. The number of halogens is 2. The molecule has 0 saturated carbocycles. The van der Waals surface area contributed by atoms with Gasteiger partial charge in [0, 0.05) is 28.8 Å². The van der Waals surface area contributed by atoms with Crippen molar-refractivity contribution in [1.29, 1.82) is 0 Å². The first-order valence-electron chi connectivity index (χ1n) is 7.23. The largest absolute Gasteiger partial charge is 0.350 e. The summed E-state index contributed by atoms with van der Waals surface area (Å²) >= 11 is 3.36. The topological polar surface area (TPSA) is 51.1 Å². The van der Waals surface area contributed by atoms with Crippen molar-refractivity contribution in [2.75, 3.05) is 5.32 Å². The Labute approximate surface area is 146 Å². The van der Waals surface area contributed by atoms with Crippen LogP contribution in [0.4, 0.5) is 10.1 Å². The van der Waals surface area contributed by atoms with Gasteiger partial charge in [0.25, 0.3) is 5.91 Å². The number of pyridine rings is 1. The fourth-order valence-corrected chi connectivity index (χ4v) is 3.06.